The van der Waals surface area contributed by atoms with Gasteiger partial charge in [-0.15, -0.1) is 0 Å². The summed E-state index contributed by atoms with van der Waals surface area (Å²) >= 11 is 0. The first-order valence-electron chi connectivity index (χ1n) is 7.54. The second-order valence-electron chi connectivity index (χ2n) is 5.38. The molecule has 0 spiro atoms. The summed E-state index contributed by atoms with van der Waals surface area (Å²) in [5.74, 6) is -0.548. The number of benzene rings is 2. The Hall–Kier alpha value is -2.69. The highest BCUT2D eigenvalue weighted by Crippen LogP contribution is 2.19. The number of nitrogens with one attached hydrogen (secondary N) is 1. The van der Waals surface area contributed by atoms with E-state index in [9.17, 15) is 9.18 Å². The third-order valence-electron chi connectivity index (χ3n) is 3.77. The van der Waals surface area contributed by atoms with Crippen LogP contribution in [-0.4, -0.2) is 17.7 Å². The number of nitrogens with zero attached hydrogens (tertiary/aromatic N) is 1. The highest BCUT2D eigenvalue weighted by Gasteiger charge is 2.28. The third-order valence-corrected chi connectivity index (χ3v) is 3.77. The number of aryl methyl sites for hydroxylation is 1. The van der Waals surface area contributed by atoms with Crippen molar-refractivity contribution in [2.24, 2.45) is 5.16 Å². The van der Waals surface area contributed by atoms with Gasteiger partial charge in [-0.2, -0.15) is 0 Å². The zero-order chi connectivity index (χ0) is 16.2. The fraction of sp³-hybridized carbons (Fsp3) is 0.222. The van der Waals surface area contributed by atoms with E-state index < -0.39 is 6.10 Å². The first-order valence-corrected chi connectivity index (χ1v) is 7.54. The molecule has 0 bridgehead atoms. The van der Waals surface area contributed by atoms with Crippen molar-refractivity contribution < 1.29 is 14.0 Å². The Bertz CT molecular complexity index is 724. The van der Waals surface area contributed by atoms with Gasteiger partial charge in [0.2, 0.25) is 6.10 Å². The van der Waals surface area contributed by atoms with Crippen LogP contribution in [0.2, 0.25) is 0 Å². The molecule has 1 aliphatic heterocycles. The van der Waals surface area contributed by atoms with Crippen molar-refractivity contribution in [1.82, 2.24) is 0 Å². The Morgan fingerprint density at radius 1 is 1.22 bits per heavy atom. The van der Waals surface area contributed by atoms with Crippen molar-refractivity contribution in [3.8, 4) is 0 Å². The lowest BCUT2D eigenvalue weighted by Gasteiger charge is -2.10. The van der Waals surface area contributed by atoms with Crippen molar-refractivity contribution in [3.63, 3.8) is 0 Å². The van der Waals surface area contributed by atoms with E-state index in [-0.39, 0.29) is 11.7 Å². The van der Waals surface area contributed by atoms with Crippen LogP contribution in [0.25, 0.3) is 0 Å². The van der Waals surface area contributed by atoms with Crippen LogP contribution < -0.4 is 5.32 Å². The molecular weight excluding hydrogens is 295 g/mol. The zero-order valence-electron chi connectivity index (χ0n) is 12.8. The number of hydrogen-bond donors (Lipinski definition) is 1. The van der Waals surface area contributed by atoms with Crippen LogP contribution >= 0.6 is 0 Å². The minimum atomic E-state index is -0.666. The second-order valence-corrected chi connectivity index (χ2v) is 5.38. The van der Waals surface area contributed by atoms with E-state index in [4.69, 9.17) is 4.84 Å². The molecule has 4 nitrogen and oxygen atoms in total. The van der Waals surface area contributed by atoms with Crippen LogP contribution in [0.4, 0.5) is 10.1 Å². The number of halogens is 1. The van der Waals surface area contributed by atoms with Crippen molar-refractivity contribution in [1.29, 1.82) is 0 Å². The molecule has 0 saturated carbocycles. The van der Waals surface area contributed by atoms with Gasteiger partial charge in [-0.3, -0.25) is 4.79 Å². The molecule has 1 N–H and O–H groups in total. The highest BCUT2D eigenvalue weighted by molar-refractivity contribution is 6.06. The Labute approximate surface area is 134 Å². The average molecular weight is 312 g/mol. The lowest BCUT2D eigenvalue weighted by Crippen LogP contribution is -2.28. The quantitative estimate of drug-likeness (QED) is 0.939. The standard InChI is InChI=1S/C18H17FN2O2/c1-2-12-3-9-15(10-4-12)20-18(22)17-11-16(21-23-17)13-5-7-14(19)8-6-13/h3-10,17H,2,11H2,1H3,(H,20,22)/t17-/m1/s1. The molecule has 0 aliphatic carbocycles. The maximum absolute atomic E-state index is 12.9. The van der Waals surface area contributed by atoms with Gasteiger partial charge in [0.15, 0.2) is 0 Å². The number of amides is 1. The molecule has 0 radical (unpaired) electrons. The summed E-state index contributed by atoms with van der Waals surface area (Å²) in [6, 6.07) is 13.7. The van der Waals surface area contributed by atoms with Gasteiger partial charge in [-0.25, -0.2) is 4.39 Å². The van der Waals surface area contributed by atoms with Gasteiger partial charge in [0, 0.05) is 12.1 Å². The summed E-state index contributed by atoms with van der Waals surface area (Å²) in [5, 5.41) is 6.76. The molecule has 1 amide bonds. The number of rotatable bonds is 4. The van der Waals surface area contributed by atoms with Crippen LogP contribution in [-0.2, 0) is 16.1 Å². The molecule has 1 heterocycles. The molecule has 0 unspecified atom stereocenters. The fourth-order valence-electron chi connectivity index (χ4n) is 2.38. The molecule has 2 aromatic rings. The highest BCUT2D eigenvalue weighted by atomic mass is 19.1. The van der Waals surface area contributed by atoms with Gasteiger partial charge in [-0.1, -0.05) is 36.3 Å². The third kappa shape index (κ3) is 3.56. The summed E-state index contributed by atoms with van der Waals surface area (Å²) in [7, 11) is 0. The van der Waals surface area contributed by atoms with Crippen molar-refractivity contribution >= 4 is 17.3 Å². The molecule has 23 heavy (non-hydrogen) atoms. The lowest BCUT2D eigenvalue weighted by molar-refractivity contribution is -0.125. The molecule has 3 rings (SSSR count). The summed E-state index contributed by atoms with van der Waals surface area (Å²) in [5.41, 5.74) is 3.34. The second kappa shape index (κ2) is 6.60. The molecule has 5 heteroatoms. The number of anilines is 1. The first kappa shape index (κ1) is 15.2. The first-order chi connectivity index (χ1) is 11.2. The Morgan fingerprint density at radius 3 is 2.57 bits per heavy atom. The van der Waals surface area contributed by atoms with Crippen molar-refractivity contribution in [2.45, 2.75) is 25.9 Å². The minimum Gasteiger partial charge on any atom is -0.382 e. The van der Waals surface area contributed by atoms with Crippen LogP contribution in [0, 0.1) is 5.82 Å². The molecule has 1 atom stereocenters. The normalized spacial score (nSPS) is 16.6. The minimum absolute atomic E-state index is 0.241. The van der Waals surface area contributed by atoms with Gasteiger partial charge < -0.3 is 10.2 Å². The molecule has 1 aliphatic rings. The summed E-state index contributed by atoms with van der Waals surface area (Å²) in [4.78, 5) is 17.4. The largest absolute Gasteiger partial charge is 0.382 e. The van der Waals surface area contributed by atoms with E-state index in [2.05, 4.69) is 17.4 Å². The van der Waals surface area contributed by atoms with Gasteiger partial charge in [0.05, 0.1) is 5.71 Å². The zero-order valence-corrected chi connectivity index (χ0v) is 12.8. The molecular formula is C18H17FN2O2. The predicted molar refractivity (Wildman–Crippen MR) is 86.9 cm³/mol. The van der Waals surface area contributed by atoms with E-state index in [1.807, 2.05) is 24.3 Å². The van der Waals surface area contributed by atoms with E-state index in [0.717, 1.165) is 17.7 Å². The van der Waals surface area contributed by atoms with Crippen LogP contribution in [0.1, 0.15) is 24.5 Å². The number of carbonyl (C=O) groups is 1. The van der Waals surface area contributed by atoms with E-state index in [1.165, 1.54) is 17.7 Å². The number of oxime groups is 1. The molecule has 0 fully saturated rings. The van der Waals surface area contributed by atoms with Gasteiger partial charge in [0.1, 0.15) is 5.82 Å². The van der Waals surface area contributed by atoms with Crippen LogP contribution in [0.5, 0.6) is 0 Å². The Morgan fingerprint density at radius 2 is 1.91 bits per heavy atom. The monoisotopic (exact) mass is 312 g/mol. The lowest BCUT2D eigenvalue weighted by atomic mass is 10.0. The molecule has 0 saturated heterocycles. The summed E-state index contributed by atoms with van der Waals surface area (Å²) < 4.78 is 12.9. The van der Waals surface area contributed by atoms with Crippen LogP contribution in [0.15, 0.2) is 53.7 Å². The summed E-state index contributed by atoms with van der Waals surface area (Å²) in [6.45, 7) is 2.08. The smallest absolute Gasteiger partial charge is 0.268 e. The van der Waals surface area contributed by atoms with Crippen molar-refractivity contribution in [2.75, 3.05) is 5.32 Å². The molecule has 2 aromatic carbocycles. The van der Waals surface area contributed by atoms with Gasteiger partial charge >= 0.3 is 0 Å². The van der Waals surface area contributed by atoms with E-state index >= 15 is 0 Å². The number of carbonyl (C=O) groups excluding carboxylic acids is 1. The predicted octanol–water partition coefficient (Wildman–Crippen LogP) is 3.52. The Balaban J connectivity index is 1.60. The van der Waals surface area contributed by atoms with E-state index in [0.29, 0.717) is 12.1 Å². The topological polar surface area (TPSA) is 50.7 Å². The average Bonchev–Trinajstić information content (AvgIpc) is 3.06. The Kier molecular flexibility index (Phi) is 4.37. The maximum Gasteiger partial charge on any atom is 0.268 e. The SMILES string of the molecule is CCc1ccc(NC(=O)[C@H]2CC(c3ccc(F)cc3)=NO2)cc1. The van der Waals surface area contributed by atoms with Gasteiger partial charge in [0.25, 0.3) is 5.91 Å². The molecule has 0 aromatic heterocycles. The maximum atomic E-state index is 12.9. The molecule has 118 valence electrons. The number of hydrogen-bond acceptors (Lipinski definition) is 3. The summed E-state index contributed by atoms with van der Waals surface area (Å²) in [6.07, 6.45) is 0.653. The van der Waals surface area contributed by atoms with Crippen LogP contribution in [0.3, 0.4) is 0 Å². The van der Waals surface area contributed by atoms with E-state index in [1.54, 1.807) is 12.1 Å². The van der Waals surface area contributed by atoms with Crippen molar-refractivity contribution in [3.05, 3.63) is 65.5 Å². The fourth-order valence-corrected chi connectivity index (χ4v) is 2.38. The van der Waals surface area contributed by atoms with Gasteiger partial charge in [-0.05, 0) is 41.8 Å².